The summed E-state index contributed by atoms with van der Waals surface area (Å²) in [6.45, 7) is 0.673. The molecule has 106 valence electrons. The van der Waals surface area contributed by atoms with Crippen LogP contribution in [0, 0.1) is 0 Å². The quantitative estimate of drug-likeness (QED) is 0.723. The van der Waals surface area contributed by atoms with Crippen molar-refractivity contribution in [1.29, 1.82) is 0 Å². The van der Waals surface area contributed by atoms with Crippen LogP contribution in [-0.4, -0.2) is 11.5 Å². The van der Waals surface area contributed by atoms with Crippen molar-refractivity contribution in [2.45, 2.75) is 18.3 Å². The summed E-state index contributed by atoms with van der Waals surface area (Å²) in [4.78, 5) is 3.38. The van der Waals surface area contributed by atoms with Crippen molar-refractivity contribution < 1.29 is 0 Å². The molecule has 0 aliphatic heterocycles. The van der Waals surface area contributed by atoms with Crippen LogP contribution in [0.4, 0.5) is 0 Å². The largest absolute Gasteiger partial charge is 0.361 e. The van der Waals surface area contributed by atoms with Crippen LogP contribution in [-0.2, 0) is 0 Å². The molecule has 1 aliphatic carbocycles. The molecule has 2 nitrogen and oxygen atoms in total. The summed E-state index contributed by atoms with van der Waals surface area (Å²) in [5.74, 6) is 0.805. The number of aromatic nitrogens is 1. The maximum absolute atomic E-state index is 6.17. The van der Waals surface area contributed by atoms with E-state index in [0.29, 0.717) is 18.4 Å². The third kappa shape index (κ3) is 1.98. The topological polar surface area (TPSA) is 41.8 Å². The molecule has 0 fully saturated rings. The highest BCUT2D eigenvalue weighted by molar-refractivity contribution is 6.30. The lowest BCUT2D eigenvalue weighted by atomic mass is 9.92. The number of para-hydroxylation sites is 1. The molecule has 3 N–H and O–H groups in total. The fourth-order valence-corrected chi connectivity index (χ4v) is 3.84. The highest BCUT2D eigenvalue weighted by Crippen LogP contribution is 2.47. The number of benzene rings is 2. The second kappa shape index (κ2) is 4.90. The van der Waals surface area contributed by atoms with Crippen LogP contribution in [0.15, 0.2) is 48.7 Å². The fraction of sp³-hybridized carbons (Fsp3) is 0.222. The van der Waals surface area contributed by atoms with Gasteiger partial charge in [0.15, 0.2) is 0 Å². The van der Waals surface area contributed by atoms with Gasteiger partial charge in [0.25, 0.3) is 0 Å². The molecule has 0 saturated heterocycles. The van der Waals surface area contributed by atoms with E-state index < -0.39 is 0 Å². The Balaban J connectivity index is 1.87. The van der Waals surface area contributed by atoms with E-state index >= 15 is 0 Å². The highest BCUT2D eigenvalue weighted by Gasteiger charge is 2.32. The van der Waals surface area contributed by atoms with Crippen molar-refractivity contribution in [3.8, 4) is 0 Å². The molecule has 2 atom stereocenters. The second-order valence-corrected chi connectivity index (χ2v) is 6.22. The Hall–Kier alpha value is -1.77. The van der Waals surface area contributed by atoms with Gasteiger partial charge in [-0.25, -0.2) is 0 Å². The summed E-state index contributed by atoms with van der Waals surface area (Å²) in [6.07, 6.45) is 3.21. The second-order valence-electron chi connectivity index (χ2n) is 5.78. The average Bonchev–Trinajstić information content (AvgIpc) is 3.07. The van der Waals surface area contributed by atoms with Gasteiger partial charge in [0.1, 0.15) is 0 Å². The average molecular weight is 297 g/mol. The lowest BCUT2D eigenvalue weighted by molar-refractivity contribution is 0.647. The van der Waals surface area contributed by atoms with Gasteiger partial charge in [0, 0.05) is 28.0 Å². The Bertz CT molecular complexity index is 806. The molecule has 2 aromatic carbocycles. The van der Waals surface area contributed by atoms with Crippen molar-refractivity contribution in [2.24, 2.45) is 5.73 Å². The van der Waals surface area contributed by atoms with Gasteiger partial charge in [-0.05, 0) is 53.8 Å². The van der Waals surface area contributed by atoms with Gasteiger partial charge in [-0.15, -0.1) is 0 Å². The van der Waals surface area contributed by atoms with E-state index in [-0.39, 0.29) is 0 Å². The van der Waals surface area contributed by atoms with Gasteiger partial charge in [0.2, 0.25) is 0 Å². The Morgan fingerprint density at radius 3 is 2.81 bits per heavy atom. The molecule has 3 heteroatoms. The van der Waals surface area contributed by atoms with Crippen LogP contribution in [0.5, 0.6) is 0 Å². The Morgan fingerprint density at radius 1 is 1.10 bits per heavy atom. The molecule has 1 aliphatic rings. The zero-order chi connectivity index (χ0) is 14.4. The zero-order valence-electron chi connectivity index (χ0n) is 11.6. The van der Waals surface area contributed by atoms with Crippen molar-refractivity contribution in [3.05, 3.63) is 70.4 Å². The first kappa shape index (κ1) is 12.9. The number of nitrogens with two attached hydrogens (primary N) is 1. The van der Waals surface area contributed by atoms with E-state index in [0.717, 1.165) is 11.4 Å². The number of fused-ring (bicyclic) bond motifs is 2. The maximum Gasteiger partial charge on any atom is 0.0457 e. The fourth-order valence-electron chi connectivity index (χ4n) is 3.65. The summed E-state index contributed by atoms with van der Waals surface area (Å²) in [7, 11) is 0. The molecule has 0 amide bonds. The van der Waals surface area contributed by atoms with E-state index in [2.05, 4.69) is 47.6 Å². The number of nitrogens with one attached hydrogen (secondary N) is 1. The smallest absolute Gasteiger partial charge is 0.0457 e. The summed E-state index contributed by atoms with van der Waals surface area (Å²) in [6, 6.07) is 14.7. The van der Waals surface area contributed by atoms with Crippen LogP contribution in [0.3, 0.4) is 0 Å². The standard InChI is InChI=1S/C18H17ClN2/c19-12-5-6-13-15(8-12)11(9-20)7-16(13)17-10-21-18-4-2-1-3-14(17)18/h1-6,8,10-11,16,21H,7,9,20H2. The Kier molecular flexibility index (Phi) is 3.02. The van der Waals surface area contributed by atoms with Crippen molar-refractivity contribution in [3.63, 3.8) is 0 Å². The minimum absolute atomic E-state index is 0.400. The van der Waals surface area contributed by atoms with Gasteiger partial charge < -0.3 is 10.7 Å². The van der Waals surface area contributed by atoms with Gasteiger partial charge in [-0.2, -0.15) is 0 Å². The number of halogens is 1. The third-order valence-electron chi connectivity index (χ3n) is 4.67. The number of hydrogen-bond donors (Lipinski definition) is 2. The molecular formula is C18H17ClN2. The zero-order valence-corrected chi connectivity index (χ0v) is 12.4. The van der Waals surface area contributed by atoms with Crippen molar-refractivity contribution in [2.75, 3.05) is 6.54 Å². The minimum Gasteiger partial charge on any atom is -0.361 e. The first-order valence-corrected chi connectivity index (χ1v) is 7.71. The molecule has 1 aromatic heterocycles. The molecule has 2 unspecified atom stereocenters. The van der Waals surface area contributed by atoms with Crippen molar-refractivity contribution >= 4 is 22.5 Å². The predicted molar refractivity (Wildman–Crippen MR) is 88.0 cm³/mol. The first-order chi connectivity index (χ1) is 10.3. The maximum atomic E-state index is 6.17. The molecule has 0 saturated carbocycles. The lowest BCUT2D eigenvalue weighted by Gasteiger charge is -2.11. The summed E-state index contributed by atoms with van der Waals surface area (Å²) in [5, 5.41) is 2.10. The molecule has 0 radical (unpaired) electrons. The summed E-state index contributed by atoms with van der Waals surface area (Å²) in [5.41, 5.74) is 11.2. The Morgan fingerprint density at radius 2 is 1.95 bits per heavy atom. The van der Waals surface area contributed by atoms with Crippen molar-refractivity contribution in [1.82, 2.24) is 4.98 Å². The van der Waals surface area contributed by atoms with Gasteiger partial charge >= 0.3 is 0 Å². The monoisotopic (exact) mass is 296 g/mol. The first-order valence-electron chi connectivity index (χ1n) is 7.33. The van der Waals surface area contributed by atoms with Crippen LogP contribution in [0.25, 0.3) is 10.9 Å². The molecule has 21 heavy (non-hydrogen) atoms. The van der Waals surface area contributed by atoms with Gasteiger partial charge in [-0.3, -0.25) is 0 Å². The van der Waals surface area contributed by atoms with Crippen LogP contribution in [0.2, 0.25) is 5.02 Å². The van der Waals surface area contributed by atoms with Crippen LogP contribution < -0.4 is 5.73 Å². The van der Waals surface area contributed by atoms with Gasteiger partial charge in [-0.1, -0.05) is 35.9 Å². The molecule has 1 heterocycles. The minimum atomic E-state index is 0.400. The number of hydrogen-bond acceptors (Lipinski definition) is 1. The van der Waals surface area contributed by atoms with Crippen LogP contribution in [0.1, 0.15) is 34.9 Å². The molecule has 0 spiro atoms. The van der Waals surface area contributed by atoms with E-state index in [1.165, 1.54) is 27.6 Å². The normalized spacial score (nSPS) is 20.9. The van der Waals surface area contributed by atoms with E-state index in [1.54, 1.807) is 0 Å². The molecule has 0 bridgehead atoms. The van der Waals surface area contributed by atoms with E-state index in [4.69, 9.17) is 17.3 Å². The number of H-pyrrole nitrogens is 1. The van der Waals surface area contributed by atoms with E-state index in [1.807, 2.05) is 6.07 Å². The SMILES string of the molecule is NCC1CC(c2c[nH]c3ccccc23)c2ccc(Cl)cc21. The lowest BCUT2D eigenvalue weighted by Crippen LogP contribution is -2.09. The third-order valence-corrected chi connectivity index (χ3v) is 4.90. The highest BCUT2D eigenvalue weighted by atomic mass is 35.5. The number of aromatic amines is 1. The molecule has 4 rings (SSSR count). The molecule has 3 aromatic rings. The van der Waals surface area contributed by atoms with E-state index in [9.17, 15) is 0 Å². The summed E-state index contributed by atoms with van der Waals surface area (Å²) >= 11 is 6.17. The summed E-state index contributed by atoms with van der Waals surface area (Å²) < 4.78 is 0. The predicted octanol–water partition coefficient (Wildman–Crippen LogP) is 4.40. The molecular weight excluding hydrogens is 280 g/mol. The van der Waals surface area contributed by atoms with Crippen LogP contribution >= 0.6 is 11.6 Å². The Labute approximate surface area is 128 Å². The number of rotatable bonds is 2. The van der Waals surface area contributed by atoms with Gasteiger partial charge in [0.05, 0.1) is 0 Å².